The molecule has 0 aliphatic heterocycles. The molecule has 0 saturated carbocycles. The molecule has 2 aromatic rings. The Balaban J connectivity index is 1.94. The van der Waals surface area contributed by atoms with Crippen LogP contribution in [-0.4, -0.2) is 18.4 Å². The van der Waals surface area contributed by atoms with Crippen molar-refractivity contribution in [3.8, 4) is 0 Å². The lowest BCUT2D eigenvalue weighted by molar-refractivity contribution is 0.0475. The van der Waals surface area contributed by atoms with Gasteiger partial charge in [0.25, 0.3) is 0 Å². The van der Waals surface area contributed by atoms with Crippen molar-refractivity contribution in [2.75, 3.05) is 18.1 Å². The largest absolute Gasteiger partial charge is 0.454 e. The molecule has 0 fully saturated rings. The number of benzene rings is 2. The molecular formula is C15H14N2O3. The molecule has 0 atom stereocenters. The summed E-state index contributed by atoms with van der Waals surface area (Å²) in [6.45, 7) is -0.312. The van der Waals surface area contributed by atoms with Gasteiger partial charge in [-0.25, -0.2) is 4.79 Å². The van der Waals surface area contributed by atoms with Gasteiger partial charge in [0.05, 0.1) is 5.56 Å². The summed E-state index contributed by atoms with van der Waals surface area (Å²) >= 11 is 0. The Bertz CT molecular complexity index is 561. The normalized spacial score (nSPS) is 10.0. The van der Waals surface area contributed by atoms with E-state index in [0.29, 0.717) is 22.5 Å². The van der Waals surface area contributed by atoms with Crippen molar-refractivity contribution in [3.05, 3.63) is 59.7 Å². The Morgan fingerprint density at radius 1 is 0.800 bits per heavy atom. The summed E-state index contributed by atoms with van der Waals surface area (Å²) in [7, 11) is 0. The third-order valence-electron chi connectivity index (χ3n) is 2.71. The SMILES string of the molecule is Nc1ccc(C(=O)COC(=O)c2ccc(N)cc2)cc1. The van der Waals surface area contributed by atoms with Gasteiger partial charge in [-0.2, -0.15) is 0 Å². The third-order valence-corrected chi connectivity index (χ3v) is 2.71. The first-order chi connectivity index (χ1) is 9.56. The molecule has 0 amide bonds. The Hall–Kier alpha value is -2.82. The zero-order valence-corrected chi connectivity index (χ0v) is 10.7. The second kappa shape index (κ2) is 5.88. The van der Waals surface area contributed by atoms with Crippen molar-refractivity contribution in [1.29, 1.82) is 0 Å². The van der Waals surface area contributed by atoms with Crippen molar-refractivity contribution in [2.24, 2.45) is 0 Å². The van der Waals surface area contributed by atoms with E-state index in [1.807, 2.05) is 0 Å². The van der Waals surface area contributed by atoms with Crippen LogP contribution >= 0.6 is 0 Å². The quantitative estimate of drug-likeness (QED) is 0.502. The number of ether oxygens (including phenoxy) is 1. The van der Waals surface area contributed by atoms with Crippen LogP contribution in [0.2, 0.25) is 0 Å². The summed E-state index contributed by atoms with van der Waals surface area (Å²) in [5, 5.41) is 0. The summed E-state index contributed by atoms with van der Waals surface area (Å²) in [5.41, 5.74) is 13.0. The number of anilines is 2. The maximum atomic E-state index is 11.8. The maximum absolute atomic E-state index is 11.8. The Kier molecular flexibility index (Phi) is 4.00. The number of hydrogen-bond acceptors (Lipinski definition) is 5. The maximum Gasteiger partial charge on any atom is 0.338 e. The van der Waals surface area contributed by atoms with Crippen LogP contribution in [0.4, 0.5) is 11.4 Å². The molecule has 2 rings (SSSR count). The molecule has 0 radical (unpaired) electrons. The van der Waals surface area contributed by atoms with Gasteiger partial charge in [-0.1, -0.05) is 0 Å². The van der Waals surface area contributed by atoms with Crippen LogP contribution in [0.15, 0.2) is 48.5 Å². The van der Waals surface area contributed by atoms with E-state index in [9.17, 15) is 9.59 Å². The van der Waals surface area contributed by atoms with Crippen LogP contribution in [0.5, 0.6) is 0 Å². The molecule has 0 spiro atoms. The van der Waals surface area contributed by atoms with E-state index in [0.717, 1.165) is 0 Å². The van der Waals surface area contributed by atoms with Gasteiger partial charge in [0.15, 0.2) is 12.4 Å². The molecule has 2 aromatic carbocycles. The standard InChI is InChI=1S/C15H14N2O3/c16-12-5-1-10(2-6-12)14(18)9-20-15(19)11-3-7-13(17)8-4-11/h1-8H,9,16-17H2. The van der Waals surface area contributed by atoms with Crippen LogP contribution in [-0.2, 0) is 4.74 Å². The average molecular weight is 270 g/mol. The number of rotatable bonds is 4. The van der Waals surface area contributed by atoms with E-state index >= 15 is 0 Å². The van der Waals surface area contributed by atoms with Crippen LogP contribution in [0.1, 0.15) is 20.7 Å². The highest BCUT2D eigenvalue weighted by Gasteiger charge is 2.11. The molecule has 4 N–H and O–H groups in total. The van der Waals surface area contributed by atoms with Gasteiger partial charge in [0.2, 0.25) is 0 Å². The van der Waals surface area contributed by atoms with E-state index in [4.69, 9.17) is 16.2 Å². The Morgan fingerprint density at radius 3 is 1.75 bits per heavy atom. The predicted molar refractivity (Wildman–Crippen MR) is 76.3 cm³/mol. The van der Waals surface area contributed by atoms with Crippen molar-refractivity contribution < 1.29 is 14.3 Å². The fourth-order valence-electron chi connectivity index (χ4n) is 1.59. The smallest absolute Gasteiger partial charge is 0.338 e. The molecule has 0 aliphatic carbocycles. The molecule has 0 aromatic heterocycles. The minimum absolute atomic E-state index is 0.284. The van der Waals surface area contributed by atoms with Crippen molar-refractivity contribution in [1.82, 2.24) is 0 Å². The summed E-state index contributed by atoms with van der Waals surface area (Å²) < 4.78 is 4.95. The van der Waals surface area contributed by atoms with E-state index in [-0.39, 0.29) is 12.4 Å². The number of nitrogen functional groups attached to an aromatic ring is 2. The summed E-state index contributed by atoms with van der Waals surface area (Å²) in [6.07, 6.45) is 0. The lowest BCUT2D eigenvalue weighted by Gasteiger charge is -2.05. The van der Waals surface area contributed by atoms with Gasteiger partial charge < -0.3 is 16.2 Å². The van der Waals surface area contributed by atoms with Crippen LogP contribution < -0.4 is 11.5 Å². The number of carbonyl (C=O) groups is 2. The molecule has 0 heterocycles. The molecule has 0 bridgehead atoms. The summed E-state index contributed by atoms with van der Waals surface area (Å²) in [5.74, 6) is -0.845. The minimum Gasteiger partial charge on any atom is -0.454 e. The van der Waals surface area contributed by atoms with E-state index in [1.54, 1.807) is 48.5 Å². The van der Waals surface area contributed by atoms with E-state index in [1.165, 1.54) is 0 Å². The zero-order chi connectivity index (χ0) is 14.5. The monoisotopic (exact) mass is 270 g/mol. The fourth-order valence-corrected chi connectivity index (χ4v) is 1.59. The number of carbonyl (C=O) groups excluding carboxylic acids is 2. The molecule has 0 unspecified atom stereocenters. The molecule has 0 saturated heterocycles. The Morgan fingerprint density at radius 2 is 1.25 bits per heavy atom. The summed E-state index contributed by atoms with van der Waals surface area (Å²) in [4.78, 5) is 23.5. The first-order valence-corrected chi connectivity index (χ1v) is 5.97. The van der Waals surface area contributed by atoms with Crippen molar-refractivity contribution in [2.45, 2.75) is 0 Å². The van der Waals surface area contributed by atoms with Gasteiger partial charge in [-0.3, -0.25) is 4.79 Å². The molecule has 5 heteroatoms. The second-order valence-corrected chi connectivity index (χ2v) is 4.24. The lowest BCUT2D eigenvalue weighted by atomic mass is 10.1. The molecule has 5 nitrogen and oxygen atoms in total. The molecule has 102 valence electrons. The lowest BCUT2D eigenvalue weighted by Crippen LogP contribution is -2.14. The topological polar surface area (TPSA) is 95.4 Å². The van der Waals surface area contributed by atoms with Gasteiger partial charge in [-0.15, -0.1) is 0 Å². The van der Waals surface area contributed by atoms with Gasteiger partial charge in [0, 0.05) is 16.9 Å². The zero-order valence-electron chi connectivity index (χ0n) is 10.7. The van der Waals surface area contributed by atoms with Crippen LogP contribution in [0.25, 0.3) is 0 Å². The Labute approximate surface area is 116 Å². The average Bonchev–Trinajstić information content (AvgIpc) is 2.46. The predicted octanol–water partition coefficient (Wildman–Crippen LogP) is 1.89. The number of Topliss-reactive ketones (excluding diaryl/α,β-unsaturated/α-hetero) is 1. The van der Waals surface area contributed by atoms with Gasteiger partial charge >= 0.3 is 5.97 Å². The second-order valence-electron chi connectivity index (χ2n) is 4.24. The number of nitrogens with two attached hydrogens (primary N) is 2. The highest BCUT2D eigenvalue weighted by atomic mass is 16.5. The van der Waals surface area contributed by atoms with Crippen LogP contribution in [0, 0.1) is 0 Å². The van der Waals surface area contributed by atoms with Gasteiger partial charge in [0.1, 0.15) is 0 Å². The van der Waals surface area contributed by atoms with Crippen molar-refractivity contribution >= 4 is 23.1 Å². The molecule has 0 aliphatic rings. The fraction of sp³-hybridized carbons (Fsp3) is 0.0667. The minimum atomic E-state index is -0.561. The van der Waals surface area contributed by atoms with Crippen molar-refractivity contribution in [3.63, 3.8) is 0 Å². The van der Waals surface area contributed by atoms with E-state index < -0.39 is 5.97 Å². The molecule has 20 heavy (non-hydrogen) atoms. The highest BCUT2D eigenvalue weighted by Crippen LogP contribution is 2.09. The first kappa shape index (κ1) is 13.6. The van der Waals surface area contributed by atoms with E-state index in [2.05, 4.69) is 0 Å². The highest BCUT2D eigenvalue weighted by molar-refractivity contribution is 5.99. The first-order valence-electron chi connectivity index (χ1n) is 5.97. The number of esters is 1. The number of hydrogen-bond donors (Lipinski definition) is 2. The molecular weight excluding hydrogens is 256 g/mol. The number of ketones is 1. The third kappa shape index (κ3) is 3.35. The summed E-state index contributed by atoms with van der Waals surface area (Å²) in [6, 6.07) is 12.7. The van der Waals surface area contributed by atoms with Crippen LogP contribution in [0.3, 0.4) is 0 Å². The van der Waals surface area contributed by atoms with Gasteiger partial charge in [-0.05, 0) is 48.5 Å².